The first-order valence-electron chi connectivity index (χ1n) is 7.28. The van der Waals surface area contributed by atoms with Crippen molar-refractivity contribution in [3.8, 4) is 0 Å². The Kier molecular flexibility index (Phi) is 7.19. The van der Waals surface area contributed by atoms with Crippen molar-refractivity contribution in [2.24, 2.45) is 0 Å². The van der Waals surface area contributed by atoms with Gasteiger partial charge in [0, 0.05) is 18.7 Å². The van der Waals surface area contributed by atoms with Crippen LogP contribution in [-0.4, -0.2) is 30.1 Å². The Hall–Kier alpha value is -2.55. The molecule has 10 heteroatoms. The first kappa shape index (κ1) is 21.5. The van der Waals surface area contributed by atoms with E-state index in [2.05, 4.69) is 5.32 Å². The van der Waals surface area contributed by atoms with Crippen LogP contribution in [0.3, 0.4) is 0 Å². The van der Waals surface area contributed by atoms with Gasteiger partial charge in [0.15, 0.2) is 0 Å². The van der Waals surface area contributed by atoms with Crippen molar-refractivity contribution in [1.82, 2.24) is 5.32 Å². The SMILES string of the molecule is CC(=O)N/C(=C\C(=O)Nc1ccc(Cl)c(C(=O)OC(C)C)c1)C(F)(F)F. The Morgan fingerprint density at radius 1 is 1.23 bits per heavy atom. The van der Waals surface area contributed by atoms with Crippen molar-refractivity contribution in [3.63, 3.8) is 0 Å². The van der Waals surface area contributed by atoms with E-state index in [1.165, 1.54) is 23.5 Å². The molecule has 0 aliphatic rings. The molecule has 1 aromatic rings. The van der Waals surface area contributed by atoms with Crippen LogP contribution < -0.4 is 10.6 Å². The van der Waals surface area contributed by atoms with Crippen molar-refractivity contribution in [2.45, 2.75) is 33.1 Å². The Morgan fingerprint density at radius 2 is 1.85 bits per heavy atom. The number of esters is 1. The molecule has 2 N–H and O–H groups in total. The van der Waals surface area contributed by atoms with Gasteiger partial charge in [0.05, 0.1) is 16.7 Å². The third kappa shape index (κ3) is 6.75. The van der Waals surface area contributed by atoms with Crippen molar-refractivity contribution in [1.29, 1.82) is 0 Å². The van der Waals surface area contributed by atoms with Crippen molar-refractivity contribution >= 4 is 35.1 Å². The molecule has 0 saturated heterocycles. The fourth-order valence-electron chi connectivity index (χ4n) is 1.72. The van der Waals surface area contributed by atoms with Gasteiger partial charge in [-0.1, -0.05) is 11.6 Å². The summed E-state index contributed by atoms with van der Waals surface area (Å²) in [7, 11) is 0. The van der Waals surface area contributed by atoms with E-state index in [4.69, 9.17) is 16.3 Å². The third-order valence-corrected chi connectivity index (χ3v) is 3.02. The highest BCUT2D eigenvalue weighted by Crippen LogP contribution is 2.24. The van der Waals surface area contributed by atoms with Gasteiger partial charge < -0.3 is 15.4 Å². The predicted molar refractivity (Wildman–Crippen MR) is 88.6 cm³/mol. The summed E-state index contributed by atoms with van der Waals surface area (Å²) in [6.45, 7) is 4.13. The average Bonchev–Trinajstić information content (AvgIpc) is 2.46. The predicted octanol–water partition coefficient (Wildman–Crippen LogP) is 3.43. The number of carbonyl (C=O) groups is 3. The average molecular weight is 393 g/mol. The number of amides is 2. The molecule has 0 unspecified atom stereocenters. The van der Waals surface area contributed by atoms with Gasteiger partial charge in [0.2, 0.25) is 11.8 Å². The van der Waals surface area contributed by atoms with E-state index in [0.717, 1.165) is 6.92 Å². The van der Waals surface area contributed by atoms with Gasteiger partial charge in [0.1, 0.15) is 5.70 Å². The number of anilines is 1. The molecule has 0 saturated carbocycles. The van der Waals surface area contributed by atoms with Crippen molar-refractivity contribution in [3.05, 3.63) is 40.6 Å². The lowest BCUT2D eigenvalue weighted by atomic mass is 10.2. The molecule has 2 amide bonds. The lowest BCUT2D eigenvalue weighted by molar-refractivity contribution is -0.125. The minimum Gasteiger partial charge on any atom is -0.459 e. The molecule has 1 aromatic carbocycles. The van der Waals surface area contributed by atoms with E-state index < -0.39 is 35.8 Å². The lowest BCUT2D eigenvalue weighted by Crippen LogP contribution is -2.31. The summed E-state index contributed by atoms with van der Waals surface area (Å²) < 4.78 is 43.3. The number of hydrogen-bond acceptors (Lipinski definition) is 4. The van der Waals surface area contributed by atoms with Crippen LogP contribution in [0.2, 0.25) is 5.02 Å². The molecule has 0 spiro atoms. The second-order valence-corrected chi connectivity index (χ2v) is 5.78. The second kappa shape index (κ2) is 8.70. The topological polar surface area (TPSA) is 84.5 Å². The number of nitrogens with one attached hydrogen (secondary N) is 2. The molecule has 0 aliphatic carbocycles. The van der Waals surface area contributed by atoms with E-state index in [-0.39, 0.29) is 22.3 Å². The molecule has 0 aromatic heterocycles. The summed E-state index contributed by atoms with van der Waals surface area (Å²) in [5.74, 6) is -2.88. The molecule has 0 fully saturated rings. The number of halogens is 4. The summed E-state index contributed by atoms with van der Waals surface area (Å²) in [4.78, 5) is 34.6. The normalized spacial score (nSPS) is 11.9. The van der Waals surface area contributed by atoms with Crippen molar-refractivity contribution in [2.75, 3.05) is 5.32 Å². The van der Waals surface area contributed by atoms with Gasteiger partial charge in [-0.3, -0.25) is 9.59 Å². The van der Waals surface area contributed by atoms with E-state index in [0.29, 0.717) is 0 Å². The van der Waals surface area contributed by atoms with Gasteiger partial charge >= 0.3 is 12.1 Å². The largest absolute Gasteiger partial charge is 0.459 e. The Balaban J connectivity index is 3.04. The molecule has 142 valence electrons. The number of allylic oxidation sites excluding steroid dienone is 1. The molecule has 0 atom stereocenters. The Morgan fingerprint density at radius 3 is 2.35 bits per heavy atom. The molecule has 6 nitrogen and oxygen atoms in total. The van der Waals surface area contributed by atoms with Gasteiger partial charge in [-0.15, -0.1) is 0 Å². The summed E-state index contributed by atoms with van der Waals surface area (Å²) in [6.07, 6.45) is -5.14. The summed E-state index contributed by atoms with van der Waals surface area (Å²) in [5.41, 5.74) is -1.55. The van der Waals surface area contributed by atoms with Crippen LogP contribution >= 0.6 is 11.6 Å². The fraction of sp³-hybridized carbons (Fsp3) is 0.312. The quantitative estimate of drug-likeness (QED) is 0.594. The molecular formula is C16H16ClF3N2O4. The van der Waals surface area contributed by atoms with Crippen LogP contribution in [0.4, 0.5) is 18.9 Å². The van der Waals surface area contributed by atoms with E-state index in [1.807, 2.05) is 0 Å². The maximum atomic E-state index is 12.8. The molecule has 26 heavy (non-hydrogen) atoms. The van der Waals surface area contributed by atoms with Gasteiger partial charge in [0.25, 0.3) is 0 Å². The zero-order chi connectivity index (χ0) is 20.1. The molecule has 0 radical (unpaired) electrons. The first-order chi connectivity index (χ1) is 11.9. The number of rotatable bonds is 5. The number of benzene rings is 1. The Labute approximate surface area is 152 Å². The minimum absolute atomic E-state index is 0.0238. The van der Waals surface area contributed by atoms with Gasteiger partial charge in [-0.2, -0.15) is 13.2 Å². The lowest BCUT2D eigenvalue weighted by Gasteiger charge is -2.13. The second-order valence-electron chi connectivity index (χ2n) is 5.37. The number of carbonyl (C=O) groups excluding carboxylic acids is 3. The Bertz CT molecular complexity index is 746. The smallest absolute Gasteiger partial charge is 0.431 e. The van der Waals surface area contributed by atoms with E-state index in [1.54, 1.807) is 13.8 Å². The van der Waals surface area contributed by atoms with Crippen LogP contribution in [0.25, 0.3) is 0 Å². The van der Waals surface area contributed by atoms with Crippen LogP contribution in [0.1, 0.15) is 31.1 Å². The summed E-state index contributed by atoms with van der Waals surface area (Å²) >= 11 is 5.89. The zero-order valence-corrected chi connectivity index (χ0v) is 14.8. The van der Waals surface area contributed by atoms with Crippen LogP contribution in [0.5, 0.6) is 0 Å². The maximum Gasteiger partial charge on any atom is 0.431 e. The van der Waals surface area contributed by atoms with Crippen LogP contribution in [0, 0.1) is 0 Å². The molecule has 0 bridgehead atoms. The molecule has 0 heterocycles. The summed E-state index contributed by atoms with van der Waals surface area (Å²) in [6, 6.07) is 3.76. The highest BCUT2D eigenvalue weighted by molar-refractivity contribution is 6.33. The molecular weight excluding hydrogens is 377 g/mol. The highest BCUT2D eigenvalue weighted by Gasteiger charge is 2.35. The zero-order valence-electron chi connectivity index (χ0n) is 14.0. The number of alkyl halides is 3. The first-order valence-corrected chi connectivity index (χ1v) is 7.66. The van der Waals surface area contributed by atoms with E-state index >= 15 is 0 Å². The fourth-order valence-corrected chi connectivity index (χ4v) is 1.92. The number of ether oxygens (including phenoxy) is 1. The standard InChI is InChI=1S/C16H16ClF3N2O4/c1-8(2)26-15(25)11-6-10(4-5-12(11)17)22-14(24)7-13(16(18,19)20)21-9(3)23/h4-8H,1-3H3,(H,21,23)(H,22,24)/b13-7-. The van der Waals surface area contributed by atoms with Gasteiger partial charge in [-0.05, 0) is 32.0 Å². The minimum atomic E-state index is -4.92. The van der Waals surface area contributed by atoms with E-state index in [9.17, 15) is 27.6 Å². The van der Waals surface area contributed by atoms with Crippen molar-refractivity contribution < 1.29 is 32.3 Å². The summed E-state index contributed by atoms with van der Waals surface area (Å²) in [5, 5.41) is 3.75. The van der Waals surface area contributed by atoms with Crippen LogP contribution in [0.15, 0.2) is 30.0 Å². The maximum absolute atomic E-state index is 12.8. The molecule has 1 rings (SSSR count). The molecule has 0 aliphatic heterocycles. The monoisotopic (exact) mass is 392 g/mol. The highest BCUT2D eigenvalue weighted by atomic mass is 35.5. The van der Waals surface area contributed by atoms with Crippen LogP contribution in [-0.2, 0) is 14.3 Å². The van der Waals surface area contributed by atoms with Gasteiger partial charge in [-0.25, -0.2) is 4.79 Å². The number of hydrogen-bond donors (Lipinski definition) is 2. The third-order valence-electron chi connectivity index (χ3n) is 2.69.